The maximum Gasteiger partial charge on any atom is 0.179 e. The Morgan fingerprint density at radius 3 is 2.40 bits per heavy atom. The van der Waals surface area contributed by atoms with Gasteiger partial charge in [-0.2, -0.15) is 0 Å². The summed E-state index contributed by atoms with van der Waals surface area (Å²) in [6.07, 6.45) is 7.71. The first kappa shape index (κ1) is 19.9. The van der Waals surface area contributed by atoms with E-state index in [1.807, 2.05) is 12.1 Å². The van der Waals surface area contributed by atoms with Gasteiger partial charge in [0.15, 0.2) is 5.60 Å². The van der Waals surface area contributed by atoms with E-state index in [1.165, 1.54) is 38.6 Å². The minimum absolute atomic E-state index is 0.234. The average Bonchev–Trinajstić information content (AvgIpc) is 3.14. The number of fused-ring (bicyclic) bond motifs is 9. The number of allylic oxidation sites excluding steroid dienone is 1. The molecule has 0 amide bonds. The van der Waals surface area contributed by atoms with Gasteiger partial charge in [-0.25, -0.2) is 0 Å². The molecule has 1 heterocycles. The smallest absolute Gasteiger partial charge is 0.179 e. The van der Waals surface area contributed by atoms with Crippen LogP contribution < -0.4 is 9.47 Å². The Bertz CT molecular complexity index is 1750. The topological polar surface area (TPSA) is 18.5 Å². The van der Waals surface area contributed by atoms with Crippen LogP contribution in [-0.2, 0) is 5.60 Å². The predicted octanol–water partition coefficient (Wildman–Crippen LogP) is 7.72. The number of terminal acetylenes is 1. The molecule has 7 rings (SSSR count). The highest BCUT2D eigenvalue weighted by molar-refractivity contribution is 5.98. The molecular weight excluding hydrogens is 428 g/mol. The van der Waals surface area contributed by atoms with Crippen molar-refractivity contribution in [2.75, 3.05) is 6.61 Å². The first-order valence-electron chi connectivity index (χ1n) is 11.8. The second-order valence-electron chi connectivity index (χ2n) is 9.27. The van der Waals surface area contributed by atoms with Crippen LogP contribution in [0.5, 0.6) is 11.5 Å². The van der Waals surface area contributed by atoms with Crippen LogP contribution in [0.4, 0.5) is 0 Å². The number of hydrogen-bond acceptors (Lipinski definition) is 2. The maximum atomic E-state index is 7.15. The number of hydrogen-bond donors (Lipinski definition) is 0. The van der Waals surface area contributed by atoms with E-state index in [0.717, 1.165) is 27.8 Å². The summed E-state index contributed by atoms with van der Waals surface area (Å²) >= 11 is 0. The van der Waals surface area contributed by atoms with E-state index in [-0.39, 0.29) is 6.61 Å². The molecule has 35 heavy (non-hydrogen) atoms. The molecule has 0 aromatic heterocycles. The summed E-state index contributed by atoms with van der Waals surface area (Å²) < 4.78 is 12.9. The molecule has 1 unspecified atom stereocenters. The third kappa shape index (κ3) is 2.79. The van der Waals surface area contributed by atoms with Crippen LogP contribution in [0.15, 0.2) is 97.1 Å². The fourth-order valence-corrected chi connectivity index (χ4v) is 5.70. The molecule has 0 radical (unpaired) electrons. The van der Waals surface area contributed by atoms with Crippen molar-refractivity contribution < 1.29 is 9.47 Å². The zero-order valence-corrected chi connectivity index (χ0v) is 19.3. The molecule has 0 N–H and O–H groups in total. The molecule has 1 aliphatic carbocycles. The second-order valence-corrected chi connectivity index (χ2v) is 9.27. The van der Waals surface area contributed by atoms with Gasteiger partial charge in [0, 0.05) is 22.1 Å². The second kappa shape index (κ2) is 7.26. The van der Waals surface area contributed by atoms with Crippen molar-refractivity contribution in [1.29, 1.82) is 0 Å². The van der Waals surface area contributed by atoms with Gasteiger partial charge < -0.3 is 9.47 Å². The lowest BCUT2D eigenvalue weighted by atomic mass is 9.84. The summed E-state index contributed by atoms with van der Waals surface area (Å²) in [5.41, 5.74) is 6.40. The lowest BCUT2D eigenvalue weighted by Crippen LogP contribution is -2.33. The lowest BCUT2D eigenvalue weighted by Gasteiger charge is -2.36. The van der Waals surface area contributed by atoms with E-state index in [2.05, 4.69) is 97.8 Å². The molecule has 0 fully saturated rings. The van der Waals surface area contributed by atoms with Gasteiger partial charge in [-0.15, -0.1) is 6.42 Å². The van der Waals surface area contributed by atoms with E-state index in [0.29, 0.717) is 0 Å². The molecule has 1 aliphatic heterocycles. The first-order chi connectivity index (χ1) is 17.2. The lowest BCUT2D eigenvalue weighted by molar-refractivity contribution is 0.168. The van der Waals surface area contributed by atoms with Crippen LogP contribution in [0.1, 0.15) is 23.6 Å². The van der Waals surface area contributed by atoms with E-state index in [4.69, 9.17) is 15.9 Å². The van der Waals surface area contributed by atoms with Crippen LogP contribution in [-0.4, -0.2) is 6.61 Å². The highest BCUT2D eigenvalue weighted by atomic mass is 16.5. The quantitative estimate of drug-likeness (QED) is 0.256. The van der Waals surface area contributed by atoms with Gasteiger partial charge in [0.05, 0.1) is 0 Å². The molecule has 1 spiro atoms. The molecule has 2 heteroatoms. The highest BCUT2D eigenvalue weighted by Gasteiger charge is 2.46. The summed E-state index contributed by atoms with van der Waals surface area (Å²) in [7, 11) is 0. The summed E-state index contributed by atoms with van der Waals surface area (Å²) in [6.45, 7) is 2.41. The number of rotatable bonds is 2. The summed E-state index contributed by atoms with van der Waals surface area (Å²) in [5.74, 6) is 4.17. The molecule has 0 saturated heterocycles. The minimum Gasteiger partial charge on any atom is -0.481 e. The third-order valence-corrected chi connectivity index (χ3v) is 7.28. The summed E-state index contributed by atoms with van der Waals surface area (Å²) in [5, 5.41) is 4.57. The van der Waals surface area contributed by atoms with E-state index in [1.54, 1.807) is 0 Å². The van der Waals surface area contributed by atoms with Crippen LogP contribution in [0.2, 0.25) is 0 Å². The molecule has 0 bridgehead atoms. The van der Waals surface area contributed by atoms with Gasteiger partial charge >= 0.3 is 0 Å². The van der Waals surface area contributed by atoms with Crippen molar-refractivity contribution in [2.45, 2.75) is 12.5 Å². The fraction of sp³-hybridized carbons (Fsp3) is 0.0909. The van der Waals surface area contributed by atoms with Crippen LogP contribution in [0.25, 0.3) is 38.2 Å². The Hall–Kier alpha value is -4.48. The van der Waals surface area contributed by atoms with Crippen molar-refractivity contribution >= 4 is 27.1 Å². The zero-order chi connectivity index (χ0) is 23.6. The molecular formula is C33H22O2. The minimum atomic E-state index is -0.697. The molecule has 2 aliphatic rings. The maximum absolute atomic E-state index is 7.15. The van der Waals surface area contributed by atoms with Gasteiger partial charge in [-0.3, -0.25) is 0 Å². The standard InChI is InChI=1S/C33H22O2/c1-3-16-34-25-14-12-22-13-15-26-21(2)20-33(35-32(26)28(22)19-25)30-11-7-6-10-27(30)29-17-23-8-4-5-9-24(23)18-31(29)33/h1,4-15,17-20H,16H2,2H3. The molecule has 5 aromatic carbocycles. The monoisotopic (exact) mass is 450 g/mol. The van der Waals surface area contributed by atoms with Crippen LogP contribution in [0.3, 0.4) is 0 Å². The van der Waals surface area contributed by atoms with Crippen molar-refractivity contribution in [3.8, 4) is 35.0 Å². The van der Waals surface area contributed by atoms with Gasteiger partial charge in [0.2, 0.25) is 0 Å². The van der Waals surface area contributed by atoms with Gasteiger partial charge in [0.25, 0.3) is 0 Å². The fourth-order valence-electron chi connectivity index (χ4n) is 5.70. The SMILES string of the molecule is C#CCOc1ccc2ccc3c(c2c1)OC1(C=C3C)c2ccccc2-c2cc3ccccc3cc21. The molecule has 5 aromatic rings. The zero-order valence-electron chi connectivity index (χ0n) is 19.3. The Labute approximate surface area is 204 Å². The third-order valence-electron chi connectivity index (χ3n) is 7.28. The number of benzene rings is 5. The largest absolute Gasteiger partial charge is 0.481 e. The van der Waals surface area contributed by atoms with E-state index >= 15 is 0 Å². The molecule has 1 atom stereocenters. The van der Waals surface area contributed by atoms with Gasteiger partial charge in [0.1, 0.15) is 18.1 Å². The van der Waals surface area contributed by atoms with Crippen LogP contribution >= 0.6 is 0 Å². The predicted molar refractivity (Wildman–Crippen MR) is 143 cm³/mol. The van der Waals surface area contributed by atoms with Crippen LogP contribution in [0, 0.1) is 12.3 Å². The van der Waals surface area contributed by atoms with Crippen molar-refractivity contribution in [1.82, 2.24) is 0 Å². The Balaban J connectivity index is 1.51. The average molecular weight is 451 g/mol. The Kier molecular flexibility index (Phi) is 4.13. The van der Waals surface area contributed by atoms with E-state index in [9.17, 15) is 0 Å². The van der Waals surface area contributed by atoms with Crippen molar-refractivity contribution in [2.24, 2.45) is 0 Å². The van der Waals surface area contributed by atoms with Gasteiger partial charge in [-0.1, -0.05) is 72.7 Å². The van der Waals surface area contributed by atoms with Gasteiger partial charge in [-0.05, 0) is 70.1 Å². The van der Waals surface area contributed by atoms with Crippen molar-refractivity contribution in [3.63, 3.8) is 0 Å². The summed E-state index contributed by atoms with van der Waals surface area (Å²) in [4.78, 5) is 0. The first-order valence-corrected chi connectivity index (χ1v) is 11.8. The number of ether oxygens (including phenoxy) is 2. The molecule has 2 nitrogen and oxygen atoms in total. The molecule has 166 valence electrons. The van der Waals surface area contributed by atoms with E-state index < -0.39 is 5.60 Å². The normalized spacial score (nSPS) is 17.3. The highest BCUT2D eigenvalue weighted by Crippen LogP contribution is 2.56. The Morgan fingerprint density at radius 2 is 1.54 bits per heavy atom. The Morgan fingerprint density at radius 1 is 0.771 bits per heavy atom. The molecule has 0 saturated carbocycles. The van der Waals surface area contributed by atoms with Crippen molar-refractivity contribution in [3.05, 3.63) is 114 Å². The summed E-state index contributed by atoms with van der Waals surface area (Å²) in [6, 6.07) is 32.1.